The van der Waals surface area contributed by atoms with Gasteiger partial charge in [0.2, 0.25) is 0 Å². The molecule has 9 heteroatoms. The zero-order valence-electron chi connectivity index (χ0n) is 17.9. The van der Waals surface area contributed by atoms with E-state index in [4.69, 9.17) is 9.47 Å². The maximum absolute atomic E-state index is 12.3. The molecule has 3 N–H and O–H groups in total. The van der Waals surface area contributed by atoms with Gasteiger partial charge in [-0.05, 0) is 61.7 Å². The van der Waals surface area contributed by atoms with Crippen LogP contribution in [0.25, 0.3) is 0 Å². The number of carbonyl (C=O) groups is 3. The number of hydrazone groups is 1. The molecule has 2 aromatic carbocycles. The summed E-state index contributed by atoms with van der Waals surface area (Å²) >= 11 is 0. The molecule has 0 fully saturated rings. The minimum Gasteiger partial charge on any atom is -0.493 e. The number of benzene rings is 2. The molecule has 2 aromatic rings. The average molecular weight is 426 g/mol. The molecule has 0 unspecified atom stereocenters. The van der Waals surface area contributed by atoms with Crippen molar-refractivity contribution >= 4 is 29.6 Å². The lowest BCUT2D eigenvalue weighted by Crippen LogP contribution is -2.37. The zero-order valence-corrected chi connectivity index (χ0v) is 17.9. The summed E-state index contributed by atoms with van der Waals surface area (Å²) in [5.74, 6) is -1.16. The summed E-state index contributed by atoms with van der Waals surface area (Å²) < 4.78 is 10.9. The van der Waals surface area contributed by atoms with Gasteiger partial charge in [-0.25, -0.2) is 5.43 Å². The third-order valence-electron chi connectivity index (χ3n) is 4.14. The molecular formula is C22H26N4O5. The van der Waals surface area contributed by atoms with Crippen LogP contribution in [-0.2, 0) is 14.4 Å². The number of hydrogen-bond donors (Lipinski definition) is 3. The number of anilines is 1. The van der Waals surface area contributed by atoms with Crippen molar-refractivity contribution in [1.29, 1.82) is 0 Å². The van der Waals surface area contributed by atoms with E-state index in [1.165, 1.54) is 13.3 Å². The summed E-state index contributed by atoms with van der Waals surface area (Å²) in [5, 5.41) is 8.94. The van der Waals surface area contributed by atoms with Crippen molar-refractivity contribution in [3.63, 3.8) is 0 Å². The lowest BCUT2D eigenvalue weighted by Gasteiger charge is -2.12. The molecule has 0 atom stereocenters. The molecule has 0 spiro atoms. The molecule has 3 amide bonds. The van der Waals surface area contributed by atoms with Gasteiger partial charge in [-0.3, -0.25) is 14.4 Å². The molecule has 9 nitrogen and oxygen atoms in total. The predicted octanol–water partition coefficient (Wildman–Crippen LogP) is 1.92. The first kappa shape index (κ1) is 23.4. The van der Waals surface area contributed by atoms with Crippen molar-refractivity contribution in [2.45, 2.75) is 20.8 Å². The van der Waals surface area contributed by atoms with Gasteiger partial charge in [0.1, 0.15) is 0 Å². The van der Waals surface area contributed by atoms with Gasteiger partial charge in [0.05, 0.1) is 13.3 Å². The van der Waals surface area contributed by atoms with E-state index in [1.54, 1.807) is 25.1 Å². The highest BCUT2D eigenvalue weighted by Crippen LogP contribution is 2.27. The predicted molar refractivity (Wildman–Crippen MR) is 117 cm³/mol. The van der Waals surface area contributed by atoms with Gasteiger partial charge < -0.3 is 20.1 Å². The highest BCUT2D eigenvalue weighted by atomic mass is 16.5. The Labute approximate surface area is 180 Å². The normalized spacial score (nSPS) is 10.5. The molecule has 0 aliphatic rings. The van der Waals surface area contributed by atoms with E-state index in [2.05, 4.69) is 21.2 Å². The highest BCUT2D eigenvalue weighted by molar-refractivity contribution is 6.35. The quantitative estimate of drug-likeness (QED) is 0.339. The molecule has 0 radical (unpaired) electrons. The molecule has 0 heterocycles. The highest BCUT2D eigenvalue weighted by Gasteiger charge is 2.11. The Morgan fingerprint density at radius 1 is 1.03 bits per heavy atom. The topological polar surface area (TPSA) is 118 Å². The second kappa shape index (κ2) is 11.3. The maximum Gasteiger partial charge on any atom is 0.329 e. The van der Waals surface area contributed by atoms with Crippen LogP contribution in [0.3, 0.4) is 0 Å². The first-order valence-corrected chi connectivity index (χ1v) is 9.63. The van der Waals surface area contributed by atoms with Crippen LogP contribution in [0.5, 0.6) is 11.5 Å². The summed E-state index contributed by atoms with van der Waals surface area (Å²) in [6.45, 7) is 5.72. The monoisotopic (exact) mass is 426 g/mol. The Kier molecular flexibility index (Phi) is 8.56. The first-order chi connectivity index (χ1) is 14.8. The van der Waals surface area contributed by atoms with Gasteiger partial charge in [0, 0.05) is 12.2 Å². The lowest BCUT2D eigenvalue weighted by atomic mass is 10.1. The molecule has 2 rings (SSSR count). The number of ether oxygens (including phenoxy) is 2. The Morgan fingerprint density at radius 3 is 2.52 bits per heavy atom. The van der Waals surface area contributed by atoms with Crippen LogP contribution in [0.1, 0.15) is 23.6 Å². The number of likely N-dealkylation sites (N-methyl/N-ethyl adjacent to an activating group) is 1. The maximum atomic E-state index is 12.3. The second-order valence-electron chi connectivity index (χ2n) is 6.62. The first-order valence-electron chi connectivity index (χ1n) is 9.63. The van der Waals surface area contributed by atoms with Crippen molar-refractivity contribution in [3.05, 3.63) is 53.1 Å². The molecule has 0 aliphatic carbocycles. The Hall–Kier alpha value is -3.88. The van der Waals surface area contributed by atoms with E-state index in [1.807, 2.05) is 32.0 Å². The van der Waals surface area contributed by atoms with E-state index in [0.717, 1.165) is 16.8 Å². The summed E-state index contributed by atoms with van der Waals surface area (Å²) in [6, 6.07) is 10.7. The summed E-state index contributed by atoms with van der Waals surface area (Å²) in [5.41, 5.74) is 5.47. The van der Waals surface area contributed by atoms with Crippen LogP contribution in [0.15, 0.2) is 41.5 Å². The Balaban J connectivity index is 1.96. The number of methoxy groups -OCH3 is 1. The molecule has 0 bridgehead atoms. The van der Waals surface area contributed by atoms with Crippen molar-refractivity contribution in [1.82, 2.24) is 10.7 Å². The van der Waals surface area contributed by atoms with E-state index in [0.29, 0.717) is 23.6 Å². The number of carbonyl (C=O) groups excluding carboxylic acids is 3. The number of rotatable bonds is 8. The van der Waals surface area contributed by atoms with Crippen molar-refractivity contribution in [3.8, 4) is 11.5 Å². The third-order valence-corrected chi connectivity index (χ3v) is 4.14. The average Bonchev–Trinajstić information content (AvgIpc) is 2.75. The van der Waals surface area contributed by atoms with E-state index in [-0.39, 0.29) is 12.5 Å². The number of hydrogen-bond acceptors (Lipinski definition) is 6. The molecule has 31 heavy (non-hydrogen) atoms. The minimum atomic E-state index is -0.861. The van der Waals surface area contributed by atoms with Gasteiger partial charge >= 0.3 is 11.8 Å². The largest absolute Gasteiger partial charge is 0.493 e. The van der Waals surface area contributed by atoms with E-state index in [9.17, 15) is 14.4 Å². The van der Waals surface area contributed by atoms with Gasteiger partial charge in [-0.15, -0.1) is 0 Å². The fourth-order valence-corrected chi connectivity index (χ4v) is 2.54. The molecule has 0 aromatic heterocycles. The number of amides is 3. The second-order valence-corrected chi connectivity index (χ2v) is 6.62. The van der Waals surface area contributed by atoms with E-state index >= 15 is 0 Å². The Bertz CT molecular complexity index is 988. The van der Waals surface area contributed by atoms with Crippen LogP contribution in [-0.4, -0.2) is 44.2 Å². The molecule has 164 valence electrons. The molecular weight excluding hydrogens is 400 g/mol. The fourth-order valence-electron chi connectivity index (χ4n) is 2.54. The lowest BCUT2D eigenvalue weighted by molar-refractivity contribution is -0.139. The smallest absolute Gasteiger partial charge is 0.329 e. The van der Waals surface area contributed by atoms with Crippen LogP contribution in [0.4, 0.5) is 5.69 Å². The van der Waals surface area contributed by atoms with Gasteiger partial charge in [0.25, 0.3) is 5.91 Å². The minimum absolute atomic E-state index is 0.195. The van der Waals surface area contributed by atoms with Gasteiger partial charge in [0.15, 0.2) is 18.1 Å². The van der Waals surface area contributed by atoms with Crippen molar-refractivity contribution in [2.24, 2.45) is 5.10 Å². The fraction of sp³-hybridized carbons (Fsp3) is 0.273. The van der Waals surface area contributed by atoms with Crippen LogP contribution >= 0.6 is 0 Å². The SMILES string of the molecule is CCNC(=O)C(=O)N/N=C\c1ccc(OCC(=O)Nc2cc(C)ccc2C)c(OC)c1. The third kappa shape index (κ3) is 7.14. The number of aryl methyl sites for hydroxylation is 2. The number of nitrogens with zero attached hydrogens (tertiary/aromatic N) is 1. The molecule has 0 saturated carbocycles. The van der Waals surface area contributed by atoms with Gasteiger partial charge in [-0.1, -0.05) is 12.1 Å². The van der Waals surface area contributed by atoms with Crippen LogP contribution in [0.2, 0.25) is 0 Å². The van der Waals surface area contributed by atoms with Crippen LogP contribution in [0, 0.1) is 13.8 Å². The van der Waals surface area contributed by atoms with Crippen molar-refractivity contribution in [2.75, 3.05) is 25.6 Å². The van der Waals surface area contributed by atoms with Crippen LogP contribution < -0.4 is 25.5 Å². The summed E-state index contributed by atoms with van der Waals surface area (Å²) in [7, 11) is 1.47. The molecule has 0 aliphatic heterocycles. The summed E-state index contributed by atoms with van der Waals surface area (Å²) in [4.78, 5) is 35.1. The number of nitrogens with one attached hydrogen (secondary N) is 3. The summed E-state index contributed by atoms with van der Waals surface area (Å²) in [6.07, 6.45) is 1.36. The Morgan fingerprint density at radius 2 is 1.81 bits per heavy atom. The van der Waals surface area contributed by atoms with Gasteiger partial charge in [-0.2, -0.15) is 5.10 Å². The van der Waals surface area contributed by atoms with E-state index < -0.39 is 11.8 Å². The molecule has 0 saturated heterocycles. The zero-order chi connectivity index (χ0) is 22.8. The standard InChI is InChI=1S/C22H26N4O5/c1-5-23-21(28)22(29)26-24-12-16-8-9-18(19(11-16)30-4)31-13-20(27)25-17-10-14(2)6-7-15(17)3/h6-12H,5,13H2,1-4H3,(H,23,28)(H,25,27)(H,26,29)/b24-12-. The van der Waals surface area contributed by atoms with Crippen molar-refractivity contribution < 1.29 is 23.9 Å².